The average molecular weight is 364 g/mol. The third kappa shape index (κ3) is 4.26. The fraction of sp³-hybridized carbons (Fsp3) is 0.182. The molecule has 0 radical (unpaired) electrons. The van der Waals surface area contributed by atoms with Gasteiger partial charge in [0.1, 0.15) is 5.75 Å². The molecule has 0 saturated heterocycles. The summed E-state index contributed by atoms with van der Waals surface area (Å²) in [6, 6.07) is 18.1. The first-order valence-corrected chi connectivity index (χ1v) is 8.68. The summed E-state index contributed by atoms with van der Waals surface area (Å²) in [6.07, 6.45) is 4.53. The van der Waals surface area contributed by atoms with E-state index in [0.29, 0.717) is 11.5 Å². The van der Waals surface area contributed by atoms with Crippen LogP contribution in [0, 0.1) is 0 Å². The van der Waals surface area contributed by atoms with Crippen molar-refractivity contribution in [2.24, 2.45) is 0 Å². The van der Waals surface area contributed by atoms with Gasteiger partial charge in [-0.1, -0.05) is 30.3 Å². The van der Waals surface area contributed by atoms with Crippen molar-refractivity contribution in [2.75, 3.05) is 21.3 Å². The molecule has 27 heavy (non-hydrogen) atoms. The van der Waals surface area contributed by atoms with E-state index in [9.17, 15) is 0 Å². The quantitative estimate of drug-likeness (QED) is 0.663. The van der Waals surface area contributed by atoms with Gasteiger partial charge in [0.05, 0.1) is 21.3 Å². The molecule has 0 aliphatic carbocycles. The number of rotatable bonds is 6. The average Bonchev–Trinajstić information content (AvgIpc) is 2.70. The normalized spacial score (nSPS) is 10.2. The van der Waals surface area contributed by atoms with E-state index < -0.39 is 0 Å². The van der Waals surface area contributed by atoms with Gasteiger partial charge in [-0.25, -0.2) is 0 Å². The maximum atomic E-state index is 5.52. The smallest absolute Gasteiger partial charge is 0.161 e. The number of ether oxygens (including phenoxy) is 3. The molecule has 2 aromatic carbocycles. The molecular formula is C22H24N2O3. The molecule has 0 atom stereocenters. The highest BCUT2D eigenvalue weighted by Gasteiger charge is 2.11. The van der Waals surface area contributed by atoms with Crippen LogP contribution in [-0.2, 0) is 6.42 Å². The molecule has 0 aliphatic rings. The van der Waals surface area contributed by atoms with Gasteiger partial charge in [0, 0.05) is 24.4 Å². The predicted octanol–water partition coefficient (Wildman–Crippen LogP) is 4.75. The summed E-state index contributed by atoms with van der Waals surface area (Å²) in [5.74, 6) is 2.27. The Morgan fingerprint density at radius 1 is 0.704 bits per heavy atom. The first-order valence-electron chi connectivity index (χ1n) is 8.68. The van der Waals surface area contributed by atoms with Gasteiger partial charge in [0.25, 0.3) is 0 Å². The van der Waals surface area contributed by atoms with Gasteiger partial charge in [-0.05, 0) is 41.0 Å². The summed E-state index contributed by atoms with van der Waals surface area (Å²) in [7, 11) is 4.97. The maximum absolute atomic E-state index is 5.52. The van der Waals surface area contributed by atoms with E-state index in [1.165, 1.54) is 0 Å². The van der Waals surface area contributed by atoms with Gasteiger partial charge in [-0.2, -0.15) is 0 Å². The molecule has 1 heterocycles. The lowest BCUT2D eigenvalue weighted by atomic mass is 9.96. The Morgan fingerprint density at radius 2 is 1.44 bits per heavy atom. The van der Waals surface area contributed by atoms with Gasteiger partial charge in [-0.15, -0.1) is 0 Å². The molecule has 3 aromatic rings. The molecule has 0 spiro atoms. The van der Waals surface area contributed by atoms with Gasteiger partial charge in [-0.3, -0.25) is 0 Å². The molecule has 0 amide bonds. The lowest BCUT2D eigenvalue weighted by molar-refractivity contribution is 0.355. The predicted molar refractivity (Wildman–Crippen MR) is 107 cm³/mol. The summed E-state index contributed by atoms with van der Waals surface area (Å²) in [5.41, 5.74) is 4.36. The molecule has 140 valence electrons. The first-order chi connectivity index (χ1) is 13.3. The highest BCUT2D eigenvalue weighted by atomic mass is 16.5. The van der Waals surface area contributed by atoms with Crippen molar-refractivity contribution in [1.29, 1.82) is 0 Å². The topological polar surface area (TPSA) is 59.3 Å². The number of hydrogen-bond donors (Lipinski definition) is 2. The van der Waals surface area contributed by atoms with Crippen molar-refractivity contribution in [3.63, 3.8) is 0 Å². The van der Waals surface area contributed by atoms with Gasteiger partial charge >= 0.3 is 0 Å². The van der Waals surface area contributed by atoms with E-state index in [1.54, 1.807) is 21.3 Å². The summed E-state index contributed by atoms with van der Waals surface area (Å²) in [6.45, 7) is 0. The molecule has 0 saturated carbocycles. The van der Waals surface area contributed by atoms with E-state index in [1.807, 2.05) is 54.9 Å². The van der Waals surface area contributed by atoms with E-state index in [2.05, 4.69) is 22.3 Å². The Morgan fingerprint density at radius 3 is 2.22 bits per heavy atom. The van der Waals surface area contributed by atoms with Crippen LogP contribution >= 0.6 is 0 Å². The Bertz CT molecular complexity index is 942. The standard InChI is InChI=1S/C22H24N2O3/c1-25-20-9-5-4-7-18(20)13-16-8-6-12-23-24-15-19(16)17-10-11-21(26-2)22(14-17)27-3/h4-12,14-15,23-24H,13H2,1-3H3. The van der Waals surface area contributed by atoms with Crippen LogP contribution in [0.5, 0.6) is 17.2 Å². The van der Waals surface area contributed by atoms with Crippen LogP contribution in [0.15, 0.2) is 67.0 Å². The summed E-state index contributed by atoms with van der Waals surface area (Å²) < 4.78 is 16.4. The lowest BCUT2D eigenvalue weighted by Gasteiger charge is -2.13. The highest BCUT2D eigenvalue weighted by Crippen LogP contribution is 2.34. The van der Waals surface area contributed by atoms with Crippen molar-refractivity contribution >= 4 is 0 Å². The van der Waals surface area contributed by atoms with Crippen LogP contribution in [0.2, 0.25) is 0 Å². The van der Waals surface area contributed by atoms with Crippen molar-refractivity contribution in [1.82, 2.24) is 10.2 Å². The van der Waals surface area contributed by atoms with E-state index in [0.717, 1.165) is 34.4 Å². The monoisotopic (exact) mass is 364 g/mol. The molecule has 0 fully saturated rings. The lowest BCUT2D eigenvalue weighted by Crippen LogP contribution is -1.97. The molecule has 2 N–H and O–H groups in total. The molecule has 5 nitrogen and oxygen atoms in total. The fourth-order valence-corrected chi connectivity index (χ4v) is 3.04. The number of benzene rings is 2. The minimum atomic E-state index is 0.693. The highest BCUT2D eigenvalue weighted by molar-refractivity contribution is 5.70. The van der Waals surface area contributed by atoms with Crippen molar-refractivity contribution in [2.45, 2.75) is 6.42 Å². The summed E-state index contributed by atoms with van der Waals surface area (Å²) >= 11 is 0. The third-order valence-electron chi connectivity index (χ3n) is 4.39. The van der Waals surface area contributed by atoms with Crippen molar-refractivity contribution in [3.8, 4) is 28.4 Å². The summed E-state index contributed by atoms with van der Waals surface area (Å²) in [4.78, 5) is 0. The largest absolute Gasteiger partial charge is 0.496 e. The molecule has 5 heteroatoms. The van der Waals surface area contributed by atoms with Crippen LogP contribution in [0.25, 0.3) is 11.1 Å². The van der Waals surface area contributed by atoms with Crippen LogP contribution in [-0.4, -0.2) is 31.5 Å². The zero-order valence-corrected chi connectivity index (χ0v) is 15.8. The van der Waals surface area contributed by atoms with E-state index >= 15 is 0 Å². The molecule has 3 rings (SSSR count). The number of methoxy groups -OCH3 is 3. The Balaban J connectivity index is 2.12. The van der Waals surface area contributed by atoms with Gasteiger partial charge < -0.3 is 24.4 Å². The molecule has 1 aromatic heterocycles. The Labute approximate surface area is 159 Å². The molecule has 0 aliphatic heterocycles. The van der Waals surface area contributed by atoms with E-state index in [-0.39, 0.29) is 0 Å². The van der Waals surface area contributed by atoms with Gasteiger partial charge in [0.15, 0.2) is 11.5 Å². The van der Waals surface area contributed by atoms with Crippen molar-refractivity contribution in [3.05, 3.63) is 78.1 Å². The number of aromatic nitrogens is 2. The minimum absolute atomic E-state index is 0.693. The zero-order chi connectivity index (χ0) is 19.1. The van der Waals surface area contributed by atoms with Crippen LogP contribution < -0.4 is 14.2 Å². The summed E-state index contributed by atoms with van der Waals surface area (Å²) in [5, 5.41) is 6.12. The van der Waals surface area contributed by atoms with Crippen LogP contribution in [0.4, 0.5) is 0 Å². The number of hydrogen-bond acceptors (Lipinski definition) is 3. The second kappa shape index (κ2) is 8.85. The van der Waals surface area contributed by atoms with E-state index in [4.69, 9.17) is 14.2 Å². The molecular weight excluding hydrogens is 340 g/mol. The fourth-order valence-electron chi connectivity index (χ4n) is 3.04. The Kier molecular flexibility index (Phi) is 6.05. The van der Waals surface area contributed by atoms with Crippen LogP contribution in [0.1, 0.15) is 11.1 Å². The Hall–Kier alpha value is -3.34. The van der Waals surface area contributed by atoms with Crippen molar-refractivity contribution < 1.29 is 14.2 Å². The first kappa shape index (κ1) is 18.5. The molecule has 0 unspecified atom stereocenters. The number of aromatic amines is 2. The van der Waals surface area contributed by atoms with Gasteiger partial charge in [0.2, 0.25) is 0 Å². The number of para-hydroxylation sites is 1. The third-order valence-corrected chi connectivity index (χ3v) is 4.39. The molecule has 0 bridgehead atoms. The maximum Gasteiger partial charge on any atom is 0.161 e. The SMILES string of the molecule is COc1ccccc1Cc1ccc[nH][nH]cc1-c1ccc(OC)c(OC)c1. The van der Waals surface area contributed by atoms with Crippen LogP contribution in [0.3, 0.4) is 0 Å². The number of nitrogens with one attached hydrogen (secondary N) is 2. The second-order valence-corrected chi connectivity index (χ2v) is 5.96. The second-order valence-electron chi connectivity index (χ2n) is 5.96. The zero-order valence-electron chi connectivity index (χ0n) is 15.8. The number of H-pyrrole nitrogens is 2. The minimum Gasteiger partial charge on any atom is -0.496 e.